The molecule has 0 aromatic heterocycles. The molecule has 2 aromatic carbocycles. The summed E-state index contributed by atoms with van der Waals surface area (Å²) in [4.78, 5) is 12.8. The van der Waals surface area contributed by atoms with Crippen LogP contribution in [0.3, 0.4) is 0 Å². The minimum absolute atomic E-state index is 0.0693. The van der Waals surface area contributed by atoms with Crippen molar-refractivity contribution in [3.8, 4) is 0 Å². The van der Waals surface area contributed by atoms with Crippen molar-refractivity contribution in [2.45, 2.75) is 13.1 Å². The fraction of sp³-hybridized carbons (Fsp3) is 0.235. The summed E-state index contributed by atoms with van der Waals surface area (Å²) in [6.45, 7) is 1.67. The van der Waals surface area contributed by atoms with Gasteiger partial charge in [0, 0.05) is 28.8 Å². The third-order valence-corrected chi connectivity index (χ3v) is 4.04. The standard InChI is InChI=1S/C17H18Cl2N2O/c1-20-17(22)13-5-3-12(4-6-13)10-21(2)11-14-7-8-15(18)9-16(14)19/h3-9H,10-11H2,1-2H3,(H,20,22)/p+1. The molecule has 0 saturated heterocycles. The van der Waals surface area contributed by atoms with E-state index in [1.165, 1.54) is 10.5 Å². The van der Waals surface area contributed by atoms with Crippen LogP contribution >= 0.6 is 23.2 Å². The number of amides is 1. The molecule has 0 fully saturated rings. The first-order valence-corrected chi connectivity index (χ1v) is 7.81. The summed E-state index contributed by atoms with van der Waals surface area (Å²) in [5.74, 6) is -0.0693. The van der Waals surface area contributed by atoms with Gasteiger partial charge in [0.05, 0.1) is 12.1 Å². The molecule has 1 amide bonds. The number of hydrogen-bond acceptors (Lipinski definition) is 1. The highest BCUT2D eigenvalue weighted by molar-refractivity contribution is 6.35. The van der Waals surface area contributed by atoms with Gasteiger partial charge in [0.25, 0.3) is 5.91 Å². The van der Waals surface area contributed by atoms with E-state index in [1.54, 1.807) is 13.1 Å². The number of halogens is 2. The van der Waals surface area contributed by atoms with Crippen molar-refractivity contribution < 1.29 is 9.69 Å². The zero-order valence-corrected chi connectivity index (χ0v) is 14.1. The minimum Gasteiger partial charge on any atom is -0.355 e. The summed E-state index contributed by atoms with van der Waals surface area (Å²) < 4.78 is 0. The third-order valence-electron chi connectivity index (χ3n) is 3.46. The topological polar surface area (TPSA) is 33.5 Å². The van der Waals surface area contributed by atoms with Crippen molar-refractivity contribution in [2.75, 3.05) is 14.1 Å². The SMILES string of the molecule is CNC(=O)c1ccc(C[NH+](C)Cc2ccc(Cl)cc2Cl)cc1. The van der Waals surface area contributed by atoms with E-state index in [-0.39, 0.29) is 5.91 Å². The molecule has 0 aliphatic heterocycles. The highest BCUT2D eigenvalue weighted by atomic mass is 35.5. The fourth-order valence-electron chi connectivity index (χ4n) is 2.32. The number of carbonyl (C=O) groups is 1. The largest absolute Gasteiger partial charge is 0.355 e. The Kier molecular flexibility index (Phi) is 5.83. The van der Waals surface area contributed by atoms with E-state index in [9.17, 15) is 4.79 Å². The number of benzene rings is 2. The average Bonchev–Trinajstić information content (AvgIpc) is 2.50. The zero-order chi connectivity index (χ0) is 16.1. The van der Waals surface area contributed by atoms with Crippen LogP contribution in [0, 0.1) is 0 Å². The van der Waals surface area contributed by atoms with E-state index in [2.05, 4.69) is 12.4 Å². The van der Waals surface area contributed by atoms with Crippen LogP contribution in [0.5, 0.6) is 0 Å². The normalized spacial score (nSPS) is 12.0. The molecule has 0 radical (unpaired) electrons. The molecule has 0 aliphatic rings. The summed E-state index contributed by atoms with van der Waals surface area (Å²) in [5.41, 5.74) is 2.92. The Hall–Kier alpha value is -1.55. The minimum atomic E-state index is -0.0693. The number of carbonyl (C=O) groups excluding carboxylic acids is 1. The second kappa shape index (κ2) is 7.63. The number of hydrogen-bond donors (Lipinski definition) is 2. The molecule has 5 heteroatoms. The van der Waals surface area contributed by atoms with Gasteiger partial charge >= 0.3 is 0 Å². The molecule has 0 heterocycles. The van der Waals surface area contributed by atoms with E-state index in [0.717, 1.165) is 18.7 Å². The van der Waals surface area contributed by atoms with Crippen LogP contribution in [0.2, 0.25) is 10.0 Å². The fourth-order valence-corrected chi connectivity index (χ4v) is 2.79. The smallest absolute Gasteiger partial charge is 0.251 e. The van der Waals surface area contributed by atoms with Gasteiger partial charge in [-0.2, -0.15) is 0 Å². The molecule has 3 nitrogen and oxygen atoms in total. The summed E-state index contributed by atoms with van der Waals surface area (Å²) in [7, 11) is 3.74. The van der Waals surface area contributed by atoms with Crippen molar-refractivity contribution in [1.29, 1.82) is 0 Å². The van der Waals surface area contributed by atoms with Crippen molar-refractivity contribution in [3.05, 3.63) is 69.2 Å². The lowest BCUT2D eigenvalue weighted by atomic mass is 10.1. The van der Waals surface area contributed by atoms with Crippen LogP contribution < -0.4 is 10.2 Å². The molecule has 0 bridgehead atoms. The maximum Gasteiger partial charge on any atom is 0.251 e. The van der Waals surface area contributed by atoms with Gasteiger partial charge in [0.15, 0.2) is 0 Å². The van der Waals surface area contributed by atoms with Gasteiger partial charge in [0.2, 0.25) is 0 Å². The first-order valence-electron chi connectivity index (χ1n) is 7.06. The molecule has 0 spiro atoms. The molecule has 2 N–H and O–H groups in total. The van der Waals surface area contributed by atoms with Crippen LogP contribution in [0.25, 0.3) is 0 Å². The lowest BCUT2D eigenvalue weighted by Crippen LogP contribution is -3.06. The lowest BCUT2D eigenvalue weighted by molar-refractivity contribution is -0.907. The van der Waals surface area contributed by atoms with Crippen LogP contribution in [-0.2, 0) is 13.1 Å². The predicted molar refractivity (Wildman–Crippen MR) is 90.6 cm³/mol. The van der Waals surface area contributed by atoms with Gasteiger partial charge in [0.1, 0.15) is 13.1 Å². The highest BCUT2D eigenvalue weighted by Gasteiger charge is 2.10. The van der Waals surface area contributed by atoms with Gasteiger partial charge < -0.3 is 10.2 Å². The van der Waals surface area contributed by atoms with E-state index < -0.39 is 0 Å². The molecular formula is C17H19Cl2N2O+. The average molecular weight is 338 g/mol. The third kappa shape index (κ3) is 4.47. The van der Waals surface area contributed by atoms with Crippen molar-refractivity contribution >= 4 is 29.1 Å². The number of quaternary nitrogens is 1. The Bertz CT molecular complexity index is 656. The molecular weight excluding hydrogens is 319 g/mol. The first-order chi connectivity index (χ1) is 10.5. The van der Waals surface area contributed by atoms with Gasteiger partial charge in [-0.3, -0.25) is 4.79 Å². The quantitative estimate of drug-likeness (QED) is 0.863. The molecule has 116 valence electrons. The maximum atomic E-state index is 11.5. The summed E-state index contributed by atoms with van der Waals surface area (Å²) >= 11 is 12.1. The van der Waals surface area contributed by atoms with E-state index >= 15 is 0 Å². The Balaban J connectivity index is 1.99. The molecule has 2 aromatic rings. The van der Waals surface area contributed by atoms with Crippen LogP contribution in [0.1, 0.15) is 21.5 Å². The van der Waals surface area contributed by atoms with Gasteiger partial charge in [-0.1, -0.05) is 41.4 Å². The Morgan fingerprint density at radius 1 is 1.09 bits per heavy atom. The first kappa shape index (κ1) is 16.8. The van der Waals surface area contributed by atoms with Crippen LogP contribution in [0.4, 0.5) is 0 Å². The molecule has 0 saturated carbocycles. The monoisotopic (exact) mass is 337 g/mol. The van der Waals surface area contributed by atoms with Crippen molar-refractivity contribution in [3.63, 3.8) is 0 Å². The van der Waals surface area contributed by atoms with Crippen molar-refractivity contribution in [2.24, 2.45) is 0 Å². The second-order valence-electron chi connectivity index (χ2n) is 5.32. The highest BCUT2D eigenvalue weighted by Crippen LogP contribution is 2.20. The van der Waals surface area contributed by atoms with Crippen LogP contribution in [0.15, 0.2) is 42.5 Å². The van der Waals surface area contributed by atoms with E-state index in [0.29, 0.717) is 15.6 Å². The van der Waals surface area contributed by atoms with E-state index in [1.807, 2.05) is 36.4 Å². The van der Waals surface area contributed by atoms with Gasteiger partial charge in [-0.05, 0) is 24.3 Å². The molecule has 0 aliphatic carbocycles. The Morgan fingerprint density at radius 3 is 2.36 bits per heavy atom. The Morgan fingerprint density at radius 2 is 1.77 bits per heavy atom. The number of nitrogens with one attached hydrogen (secondary N) is 2. The number of rotatable bonds is 5. The Labute approximate surface area is 140 Å². The predicted octanol–water partition coefficient (Wildman–Crippen LogP) is 2.57. The molecule has 1 unspecified atom stereocenters. The summed E-state index contributed by atoms with van der Waals surface area (Å²) in [6.07, 6.45) is 0. The molecule has 1 atom stereocenters. The molecule has 22 heavy (non-hydrogen) atoms. The zero-order valence-electron chi connectivity index (χ0n) is 12.6. The lowest BCUT2D eigenvalue weighted by Gasteiger charge is -2.15. The second-order valence-corrected chi connectivity index (χ2v) is 6.17. The van der Waals surface area contributed by atoms with E-state index in [4.69, 9.17) is 23.2 Å². The van der Waals surface area contributed by atoms with Crippen molar-refractivity contribution in [1.82, 2.24) is 5.32 Å². The van der Waals surface area contributed by atoms with Gasteiger partial charge in [-0.15, -0.1) is 0 Å². The van der Waals surface area contributed by atoms with Crippen LogP contribution in [-0.4, -0.2) is 20.0 Å². The summed E-state index contributed by atoms with van der Waals surface area (Å²) in [6, 6.07) is 13.2. The molecule has 2 rings (SSSR count). The van der Waals surface area contributed by atoms with Gasteiger partial charge in [-0.25, -0.2) is 0 Å². The maximum absolute atomic E-state index is 11.5. The summed E-state index contributed by atoms with van der Waals surface area (Å²) in [5, 5.41) is 3.96.